The lowest BCUT2D eigenvalue weighted by atomic mass is 9.97. The number of carbonyl (C=O) groups is 1. The molecular formula is C20H22O6. The van der Waals surface area contributed by atoms with E-state index in [4.69, 9.17) is 18.9 Å². The Hall–Kier alpha value is -2.15. The lowest BCUT2D eigenvalue weighted by Crippen LogP contribution is -2.35. The van der Waals surface area contributed by atoms with Gasteiger partial charge in [0.1, 0.15) is 24.1 Å². The van der Waals surface area contributed by atoms with Crippen LogP contribution in [0.15, 0.2) is 36.4 Å². The van der Waals surface area contributed by atoms with Crippen molar-refractivity contribution in [2.24, 2.45) is 0 Å². The molecule has 0 bridgehead atoms. The van der Waals surface area contributed by atoms with Crippen LogP contribution in [0.3, 0.4) is 0 Å². The number of benzene rings is 2. The molecular weight excluding hydrogens is 336 g/mol. The first-order valence-electron chi connectivity index (χ1n) is 8.76. The van der Waals surface area contributed by atoms with Crippen molar-refractivity contribution in [2.75, 3.05) is 20.3 Å². The standard InChI is InChI=1S/C20H22O6/c1-11(12-3-4-14-8-15(23-2)6-5-13(14)7-12)20(22)26-17-10-25-18-16(21)9-24-19(17)18/h3-8,11,16-19,21H,9-10H2,1-2H3. The highest BCUT2D eigenvalue weighted by atomic mass is 16.6. The topological polar surface area (TPSA) is 74.2 Å². The average Bonchev–Trinajstić information content (AvgIpc) is 3.23. The van der Waals surface area contributed by atoms with Crippen molar-refractivity contribution < 1.29 is 28.8 Å². The largest absolute Gasteiger partial charge is 0.497 e. The number of ether oxygens (including phenoxy) is 4. The molecule has 2 aliphatic heterocycles. The van der Waals surface area contributed by atoms with E-state index < -0.39 is 24.2 Å². The van der Waals surface area contributed by atoms with Crippen molar-refractivity contribution >= 4 is 16.7 Å². The Morgan fingerprint density at radius 2 is 1.85 bits per heavy atom. The zero-order valence-electron chi connectivity index (χ0n) is 14.8. The maximum atomic E-state index is 12.6. The molecule has 0 aromatic heterocycles. The third-order valence-corrected chi connectivity index (χ3v) is 5.17. The highest BCUT2D eigenvalue weighted by Crippen LogP contribution is 2.31. The van der Waals surface area contributed by atoms with E-state index in [-0.39, 0.29) is 25.3 Å². The highest BCUT2D eigenvalue weighted by molar-refractivity contribution is 5.86. The van der Waals surface area contributed by atoms with Crippen LogP contribution in [0, 0.1) is 0 Å². The number of esters is 1. The van der Waals surface area contributed by atoms with Crippen LogP contribution in [0.1, 0.15) is 18.4 Å². The van der Waals surface area contributed by atoms with Crippen molar-refractivity contribution in [3.8, 4) is 5.75 Å². The van der Waals surface area contributed by atoms with E-state index in [1.807, 2.05) is 43.3 Å². The van der Waals surface area contributed by atoms with Crippen molar-refractivity contribution in [1.29, 1.82) is 0 Å². The minimum Gasteiger partial charge on any atom is -0.497 e. The van der Waals surface area contributed by atoms with Gasteiger partial charge in [0.15, 0.2) is 6.10 Å². The first kappa shape index (κ1) is 17.3. The van der Waals surface area contributed by atoms with E-state index in [0.717, 1.165) is 22.1 Å². The molecule has 6 heteroatoms. The van der Waals surface area contributed by atoms with Crippen molar-refractivity contribution in [1.82, 2.24) is 0 Å². The number of aliphatic hydroxyl groups excluding tert-OH is 1. The number of methoxy groups -OCH3 is 1. The van der Waals surface area contributed by atoms with Crippen LogP contribution in [0.25, 0.3) is 10.8 Å². The van der Waals surface area contributed by atoms with Gasteiger partial charge in [0.25, 0.3) is 0 Å². The Morgan fingerprint density at radius 1 is 1.12 bits per heavy atom. The average molecular weight is 358 g/mol. The molecule has 2 fully saturated rings. The Balaban J connectivity index is 1.47. The van der Waals surface area contributed by atoms with Crippen LogP contribution in [-0.2, 0) is 19.0 Å². The molecule has 2 heterocycles. The molecule has 6 nitrogen and oxygen atoms in total. The zero-order chi connectivity index (χ0) is 18.3. The Morgan fingerprint density at radius 3 is 2.65 bits per heavy atom. The van der Waals surface area contributed by atoms with Crippen LogP contribution >= 0.6 is 0 Å². The van der Waals surface area contributed by atoms with Gasteiger partial charge in [-0.05, 0) is 35.4 Å². The third-order valence-electron chi connectivity index (χ3n) is 5.17. The molecule has 2 saturated heterocycles. The minimum absolute atomic E-state index is 0.215. The number of hydrogen-bond donors (Lipinski definition) is 1. The monoisotopic (exact) mass is 358 g/mol. The van der Waals surface area contributed by atoms with Gasteiger partial charge in [-0.3, -0.25) is 4.79 Å². The predicted octanol–water partition coefficient (Wildman–Crippen LogP) is 2.02. The molecule has 5 atom stereocenters. The molecule has 2 aromatic carbocycles. The van der Waals surface area contributed by atoms with Crippen LogP contribution in [0.4, 0.5) is 0 Å². The number of hydrogen-bond acceptors (Lipinski definition) is 6. The van der Waals surface area contributed by atoms with Crippen molar-refractivity contribution in [3.63, 3.8) is 0 Å². The van der Waals surface area contributed by atoms with Gasteiger partial charge >= 0.3 is 5.97 Å². The fourth-order valence-electron chi connectivity index (χ4n) is 3.57. The van der Waals surface area contributed by atoms with Gasteiger partial charge in [-0.2, -0.15) is 0 Å². The Bertz CT molecular complexity index is 819. The second-order valence-electron chi connectivity index (χ2n) is 6.83. The summed E-state index contributed by atoms with van der Waals surface area (Å²) < 4.78 is 21.9. The molecule has 1 N–H and O–H groups in total. The summed E-state index contributed by atoms with van der Waals surface area (Å²) in [5.41, 5.74) is 0.885. The van der Waals surface area contributed by atoms with E-state index >= 15 is 0 Å². The van der Waals surface area contributed by atoms with E-state index in [2.05, 4.69) is 0 Å². The molecule has 4 rings (SSSR count). The van der Waals surface area contributed by atoms with Gasteiger partial charge < -0.3 is 24.1 Å². The molecule has 0 aliphatic carbocycles. The van der Waals surface area contributed by atoms with Gasteiger partial charge in [-0.15, -0.1) is 0 Å². The number of carbonyl (C=O) groups excluding carboxylic acids is 1. The molecule has 2 aromatic rings. The molecule has 0 spiro atoms. The van der Waals surface area contributed by atoms with Gasteiger partial charge in [0.05, 0.1) is 26.2 Å². The quantitative estimate of drug-likeness (QED) is 0.843. The summed E-state index contributed by atoms with van der Waals surface area (Å²) in [5, 5.41) is 11.9. The fourth-order valence-corrected chi connectivity index (χ4v) is 3.57. The second kappa shape index (κ2) is 6.87. The lowest BCUT2D eigenvalue weighted by Gasteiger charge is -2.19. The van der Waals surface area contributed by atoms with E-state index in [1.54, 1.807) is 7.11 Å². The minimum atomic E-state index is -0.654. The first-order valence-corrected chi connectivity index (χ1v) is 8.76. The van der Waals surface area contributed by atoms with Gasteiger partial charge in [0, 0.05) is 0 Å². The maximum Gasteiger partial charge on any atom is 0.313 e. The Kier molecular flexibility index (Phi) is 4.56. The molecule has 0 saturated carbocycles. The van der Waals surface area contributed by atoms with Gasteiger partial charge in [0.2, 0.25) is 0 Å². The number of fused-ring (bicyclic) bond motifs is 2. The summed E-state index contributed by atoms with van der Waals surface area (Å²) in [6.07, 6.45) is -1.92. The van der Waals surface area contributed by atoms with Crippen molar-refractivity contribution in [2.45, 2.75) is 37.3 Å². The molecule has 5 unspecified atom stereocenters. The number of aliphatic hydroxyl groups is 1. The van der Waals surface area contributed by atoms with Gasteiger partial charge in [-0.1, -0.05) is 24.3 Å². The van der Waals surface area contributed by atoms with E-state index in [1.165, 1.54) is 0 Å². The van der Waals surface area contributed by atoms with Crippen LogP contribution < -0.4 is 4.74 Å². The van der Waals surface area contributed by atoms with Crippen LogP contribution in [0.5, 0.6) is 5.75 Å². The predicted molar refractivity (Wildman–Crippen MR) is 94.3 cm³/mol. The number of rotatable bonds is 4. The zero-order valence-corrected chi connectivity index (χ0v) is 14.8. The van der Waals surface area contributed by atoms with Crippen LogP contribution in [-0.4, -0.2) is 55.8 Å². The van der Waals surface area contributed by atoms with Crippen LogP contribution in [0.2, 0.25) is 0 Å². The van der Waals surface area contributed by atoms with Crippen molar-refractivity contribution in [3.05, 3.63) is 42.0 Å². The second-order valence-corrected chi connectivity index (χ2v) is 6.83. The molecule has 0 radical (unpaired) electrons. The molecule has 2 aliphatic rings. The van der Waals surface area contributed by atoms with Gasteiger partial charge in [-0.25, -0.2) is 0 Å². The third kappa shape index (κ3) is 3.05. The fraction of sp³-hybridized carbons (Fsp3) is 0.450. The van der Waals surface area contributed by atoms with E-state index in [9.17, 15) is 9.90 Å². The summed E-state index contributed by atoms with van der Waals surface area (Å²) in [4.78, 5) is 12.6. The summed E-state index contributed by atoms with van der Waals surface area (Å²) in [5.74, 6) is 0.0660. The SMILES string of the molecule is COc1ccc2cc(C(C)C(=O)OC3COC4C(O)COC34)ccc2c1. The molecule has 26 heavy (non-hydrogen) atoms. The molecule has 0 amide bonds. The lowest BCUT2D eigenvalue weighted by molar-refractivity contribution is -0.155. The summed E-state index contributed by atoms with van der Waals surface area (Å²) in [6.45, 7) is 2.29. The highest BCUT2D eigenvalue weighted by Gasteiger charge is 2.49. The first-order chi connectivity index (χ1) is 12.6. The smallest absolute Gasteiger partial charge is 0.313 e. The summed E-state index contributed by atoms with van der Waals surface area (Å²) in [6, 6.07) is 11.7. The van der Waals surface area contributed by atoms with E-state index in [0.29, 0.717) is 0 Å². The molecule has 138 valence electrons. The summed E-state index contributed by atoms with van der Waals surface area (Å²) in [7, 11) is 1.64. The summed E-state index contributed by atoms with van der Waals surface area (Å²) >= 11 is 0. The Labute approximate surface area is 151 Å². The maximum absolute atomic E-state index is 12.6. The normalized spacial score (nSPS) is 28.7.